The van der Waals surface area contributed by atoms with E-state index in [1.807, 2.05) is 0 Å². The fourth-order valence-corrected chi connectivity index (χ4v) is 10.2. The number of hydrogen-bond acceptors (Lipinski definition) is 2. The molecule has 5 rings (SSSR count). The number of carbonyl (C=O) groups excluding carboxylic acids is 1. The average Bonchev–Trinajstić information content (AvgIpc) is 2.65. The van der Waals surface area contributed by atoms with Gasteiger partial charge in [-0.1, -0.05) is 60.1 Å². The number of rotatable bonds is 0. The molecule has 31 heavy (non-hydrogen) atoms. The highest BCUT2D eigenvalue weighted by Crippen LogP contribution is 2.74. The van der Waals surface area contributed by atoms with Crippen LogP contribution in [-0.4, -0.2) is 17.0 Å². The van der Waals surface area contributed by atoms with Gasteiger partial charge in [0, 0.05) is 17.8 Å². The highest BCUT2D eigenvalue weighted by Gasteiger charge is 2.67. The summed E-state index contributed by atoms with van der Waals surface area (Å²) in [4.78, 5) is 13.6. The van der Waals surface area contributed by atoms with Crippen LogP contribution >= 0.6 is 0 Å². The summed E-state index contributed by atoms with van der Waals surface area (Å²) in [5.41, 5.74) is 2.46. The van der Waals surface area contributed by atoms with Gasteiger partial charge in [-0.05, 0) is 90.8 Å². The zero-order chi connectivity index (χ0) is 22.6. The number of allylic oxidation sites excluding steroid dienone is 2. The molecule has 0 amide bonds. The summed E-state index contributed by atoms with van der Waals surface area (Å²) >= 11 is 0. The Morgan fingerprint density at radius 1 is 0.871 bits per heavy atom. The van der Waals surface area contributed by atoms with Gasteiger partial charge in [-0.3, -0.25) is 4.79 Å². The van der Waals surface area contributed by atoms with Crippen LogP contribution < -0.4 is 0 Å². The Bertz CT molecular complexity index is 821. The van der Waals surface area contributed by atoms with Gasteiger partial charge in [0.1, 0.15) is 5.78 Å². The Labute approximate surface area is 190 Å². The molecule has 8 atom stereocenters. The molecule has 0 aromatic heterocycles. The van der Waals surface area contributed by atoms with E-state index in [0.717, 1.165) is 25.7 Å². The maximum atomic E-state index is 13.6. The van der Waals surface area contributed by atoms with Crippen LogP contribution in [0.2, 0.25) is 0 Å². The van der Waals surface area contributed by atoms with Gasteiger partial charge >= 0.3 is 0 Å². The normalized spacial score (nSPS) is 52.8. The Morgan fingerprint density at radius 2 is 1.58 bits per heavy atom. The van der Waals surface area contributed by atoms with Gasteiger partial charge < -0.3 is 5.11 Å². The molecule has 0 spiro atoms. The van der Waals surface area contributed by atoms with E-state index < -0.39 is 0 Å². The second-order valence-corrected chi connectivity index (χ2v) is 14.4. The number of Topliss-reactive ketones (excluding diaryl/α,β-unsaturated/α-hetero) is 1. The lowest BCUT2D eigenvalue weighted by molar-refractivity contribution is -0.200. The smallest absolute Gasteiger partial charge is 0.137 e. The SMILES string of the molecule is CC1(C)CCC2C(=O)CC3(C)C(=CCC4C5(C)CCC(O)C(C)(C)C5CCC43C)C2C1. The predicted molar refractivity (Wildman–Crippen MR) is 126 cm³/mol. The van der Waals surface area contributed by atoms with E-state index in [1.54, 1.807) is 5.57 Å². The summed E-state index contributed by atoms with van der Waals surface area (Å²) < 4.78 is 0. The van der Waals surface area contributed by atoms with Crippen molar-refractivity contribution in [2.45, 2.75) is 112 Å². The van der Waals surface area contributed by atoms with Crippen molar-refractivity contribution in [3.8, 4) is 0 Å². The van der Waals surface area contributed by atoms with E-state index in [4.69, 9.17) is 0 Å². The van der Waals surface area contributed by atoms with Crippen molar-refractivity contribution in [2.75, 3.05) is 0 Å². The third-order valence-electron chi connectivity index (χ3n) is 12.2. The van der Waals surface area contributed by atoms with Crippen LogP contribution in [0.1, 0.15) is 106 Å². The van der Waals surface area contributed by atoms with Gasteiger partial charge in [-0.15, -0.1) is 0 Å². The van der Waals surface area contributed by atoms with Crippen molar-refractivity contribution in [3.63, 3.8) is 0 Å². The Balaban J connectivity index is 1.58. The molecule has 0 aromatic rings. The molecule has 2 nitrogen and oxygen atoms in total. The van der Waals surface area contributed by atoms with Crippen molar-refractivity contribution < 1.29 is 9.90 Å². The van der Waals surface area contributed by atoms with Crippen LogP contribution in [-0.2, 0) is 4.79 Å². The fourth-order valence-electron chi connectivity index (χ4n) is 10.2. The van der Waals surface area contributed by atoms with Crippen molar-refractivity contribution in [2.24, 2.45) is 50.7 Å². The lowest BCUT2D eigenvalue weighted by Gasteiger charge is -2.70. The quantitative estimate of drug-likeness (QED) is 0.425. The Hall–Kier alpha value is -0.630. The predicted octanol–water partition coefficient (Wildman–Crippen LogP) is 6.96. The first-order valence-corrected chi connectivity index (χ1v) is 13.2. The minimum absolute atomic E-state index is 0.00970. The summed E-state index contributed by atoms with van der Waals surface area (Å²) in [7, 11) is 0. The first kappa shape index (κ1) is 22.2. The number of aliphatic hydroxyl groups is 1. The maximum Gasteiger partial charge on any atom is 0.137 e. The molecule has 2 heteroatoms. The molecule has 5 aliphatic carbocycles. The summed E-state index contributed by atoms with van der Waals surface area (Å²) in [6, 6.07) is 0. The summed E-state index contributed by atoms with van der Waals surface area (Å²) in [5.74, 6) is 2.50. The van der Waals surface area contributed by atoms with Gasteiger partial charge in [0.2, 0.25) is 0 Å². The molecule has 0 bridgehead atoms. The van der Waals surface area contributed by atoms with E-state index >= 15 is 0 Å². The largest absolute Gasteiger partial charge is 0.393 e. The molecule has 0 radical (unpaired) electrons. The third-order valence-corrected chi connectivity index (χ3v) is 12.2. The highest BCUT2D eigenvalue weighted by atomic mass is 16.3. The molecule has 5 aliphatic rings. The van der Waals surface area contributed by atoms with E-state index in [-0.39, 0.29) is 33.7 Å². The summed E-state index contributed by atoms with van der Waals surface area (Å²) in [5, 5.41) is 10.8. The molecule has 0 heterocycles. The van der Waals surface area contributed by atoms with Gasteiger partial charge in [-0.2, -0.15) is 0 Å². The van der Waals surface area contributed by atoms with Crippen LogP contribution in [0.5, 0.6) is 0 Å². The minimum atomic E-state index is -0.179. The second kappa shape index (κ2) is 6.49. The summed E-state index contributed by atoms with van der Waals surface area (Å²) in [6.07, 6.45) is 12.3. The van der Waals surface area contributed by atoms with Crippen molar-refractivity contribution in [1.82, 2.24) is 0 Å². The molecule has 0 saturated heterocycles. The third kappa shape index (κ3) is 2.75. The summed E-state index contributed by atoms with van der Waals surface area (Å²) in [6.45, 7) is 17.0. The van der Waals surface area contributed by atoms with Crippen molar-refractivity contribution in [1.29, 1.82) is 0 Å². The zero-order valence-corrected chi connectivity index (χ0v) is 21.2. The first-order valence-electron chi connectivity index (χ1n) is 13.2. The standard InChI is InChI=1S/C29H46O2/c1-25(2)13-10-18-19(16-25)20-8-9-23-27(5)14-12-24(31)26(3,4)22(27)11-15-28(23,6)29(20,7)17-21(18)30/h8,18-19,22-24,31H,9-17H2,1-7H3. The number of hydrogen-bond donors (Lipinski definition) is 1. The molecule has 174 valence electrons. The molecule has 8 unspecified atom stereocenters. The van der Waals surface area contributed by atoms with Crippen molar-refractivity contribution >= 4 is 5.78 Å². The number of carbonyl (C=O) groups is 1. The van der Waals surface area contributed by atoms with Crippen LogP contribution in [0.3, 0.4) is 0 Å². The van der Waals surface area contributed by atoms with Crippen molar-refractivity contribution in [3.05, 3.63) is 11.6 Å². The Morgan fingerprint density at radius 3 is 2.29 bits per heavy atom. The van der Waals surface area contributed by atoms with Gasteiger partial charge in [0.25, 0.3) is 0 Å². The van der Waals surface area contributed by atoms with Gasteiger partial charge in [0.05, 0.1) is 6.10 Å². The molecule has 4 fully saturated rings. The van der Waals surface area contributed by atoms with E-state index in [1.165, 1.54) is 32.1 Å². The molecule has 0 aliphatic heterocycles. The molecular weight excluding hydrogens is 380 g/mol. The average molecular weight is 427 g/mol. The van der Waals surface area contributed by atoms with Gasteiger partial charge in [-0.25, -0.2) is 0 Å². The second-order valence-electron chi connectivity index (χ2n) is 14.4. The number of ketones is 1. The topological polar surface area (TPSA) is 37.3 Å². The fraction of sp³-hybridized carbons (Fsp3) is 0.897. The van der Waals surface area contributed by atoms with Crippen LogP contribution in [0.4, 0.5) is 0 Å². The molecule has 4 saturated carbocycles. The van der Waals surface area contributed by atoms with Gasteiger partial charge in [0.15, 0.2) is 0 Å². The minimum Gasteiger partial charge on any atom is -0.393 e. The monoisotopic (exact) mass is 426 g/mol. The Kier molecular flexibility index (Phi) is 4.64. The van der Waals surface area contributed by atoms with E-state index in [0.29, 0.717) is 29.0 Å². The number of aliphatic hydroxyl groups excluding tert-OH is 1. The van der Waals surface area contributed by atoms with E-state index in [9.17, 15) is 9.90 Å². The maximum absolute atomic E-state index is 13.6. The van der Waals surface area contributed by atoms with Crippen LogP contribution in [0, 0.1) is 50.7 Å². The first-order chi connectivity index (χ1) is 14.3. The molecule has 0 aromatic carbocycles. The lowest BCUT2D eigenvalue weighted by atomic mass is 9.34. The number of fused-ring (bicyclic) bond motifs is 7. The zero-order valence-electron chi connectivity index (χ0n) is 21.2. The lowest BCUT2D eigenvalue weighted by Crippen LogP contribution is -2.64. The van der Waals surface area contributed by atoms with Crippen LogP contribution in [0.15, 0.2) is 11.6 Å². The molecule has 1 N–H and O–H groups in total. The van der Waals surface area contributed by atoms with Crippen LogP contribution in [0.25, 0.3) is 0 Å². The molecular formula is C29H46O2. The van der Waals surface area contributed by atoms with E-state index in [2.05, 4.69) is 54.5 Å². The highest BCUT2D eigenvalue weighted by molar-refractivity contribution is 5.85.